The number of hydrogen-bond donors (Lipinski definition) is 2. The molecule has 0 aromatic carbocycles. The predicted molar refractivity (Wildman–Crippen MR) is 58.5 cm³/mol. The van der Waals surface area contributed by atoms with E-state index in [2.05, 4.69) is 30.3 Å². The maximum Gasteiger partial charge on any atom is 0.0463 e. The number of nitrogens with zero attached hydrogens (tertiary/aromatic N) is 1. The molecule has 1 atom stereocenters. The fraction of sp³-hybridized carbons (Fsp3) is 0.545. The average Bonchev–Trinajstić information content (AvgIpc) is 2.14. The molecule has 0 fully saturated rings. The third-order valence-electron chi connectivity index (χ3n) is 2.23. The molecule has 3 nitrogen and oxygen atoms in total. The predicted octanol–water partition coefficient (Wildman–Crippen LogP) is 1.94. The lowest BCUT2D eigenvalue weighted by Crippen LogP contribution is -2.29. The van der Waals surface area contributed by atoms with Gasteiger partial charge in [-0.3, -0.25) is 16.3 Å². The minimum atomic E-state index is 0.233. The molecule has 1 aromatic rings. The van der Waals surface area contributed by atoms with Crippen molar-refractivity contribution in [3.8, 4) is 0 Å². The molecule has 0 radical (unpaired) electrons. The Morgan fingerprint density at radius 2 is 2.21 bits per heavy atom. The highest BCUT2D eigenvalue weighted by Gasteiger charge is 2.11. The van der Waals surface area contributed by atoms with Gasteiger partial charge in [0.05, 0.1) is 0 Å². The highest BCUT2D eigenvalue weighted by Crippen LogP contribution is 2.20. The Balaban J connectivity index is 2.78. The fourth-order valence-corrected chi connectivity index (χ4v) is 1.56. The van der Waals surface area contributed by atoms with E-state index in [4.69, 9.17) is 5.84 Å². The van der Waals surface area contributed by atoms with Gasteiger partial charge >= 0.3 is 0 Å². The van der Waals surface area contributed by atoms with E-state index in [9.17, 15) is 0 Å². The number of aromatic nitrogens is 1. The molecule has 1 aromatic heterocycles. The van der Waals surface area contributed by atoms with Crippen LogP contribution in [0.3, 0.4) is 0 Å². The SMILES string of the molecule is Cc1cc(C(CC(C)C)NN)ccn1. The summed E-state index contributed by atoms with van der Waals surface area (Å²) in [4.78, 5) is 4.17. The van der Waals surface area contributed by atoms with E-state index in [1.807, 2.05) is 19.2 Å². The van der Waals surface area contributed by atoms with Gasteiger partial charge in [-0.15, -0.1) is 0 Å². The van der Waals surface area contributed by atoms with Crippen LogP contribution in [0.15, 0.2) is 18.3 Å². The van der Waals surface area contributed by atoms with E-state index in [1.165, 1.54) is 5.56 Å². The van der Waals surface area contributed by atoms with Crippen molar-refractivity contribution < 1.29 is 0 Å². The van der Waals surface area contributed by atoms with Gasteiger partial charge in [0.1, 0.15) is 0 Å². The van der Waals surface area contributed by atoms with Gasteiger partial charge in [-0.25, -0.2) is 0 Å². The zero-order valence-corrected chi connectivity index (χ0v) is 9.12. The fourth-order valence-electron chi connectivity index (χ4n) is 1.56. The molecule has 0 amide bonds. The second-order valence-corrected chi connectivity index (χ2v) is 4.08. The molecule has 0 spiro atoms. The molecule has 14 heavy (non-hydrogen) atoms. The Hall–Kier alpha value is -0.930. The van der Waals surface area contributed by atoms with E-state index in [-0.39, 0.29) is 6.04 Å². The number of rotatable bonds is 4. The summed E-state index contributed by atoms with van der Waals surface area (Å²) in [5.74, 6) is 6.16. The van der Waals surface area contributed by atoms with Gasteiger partial charge in [-0.2, -0.15) is 0 Å². The Morgan fingerprint density at radius 1 is 1.50 bits per heavy atom. The van der Waals surface area contributed by atoms with Crippen LogP contribution in [0, 0.1) is 12.8 Å². The Morgan fingerprint density at radius 3 is 2.71 bits per heavy atom. The molecule has 78 valence electrons. The highest BCUT2D eigenvalue weighted by molar-refractivity contribution is 5.19. The van der Waals surface area contributed by atoms with Crippen molar-refractivity contribution in [1.82, 2.24) is 10.4 Å². The van der Waals surface area contributed by atoms with Crippen molar-refractivity contribution in [2.24, 2.45) is 11.8 Å². The van der Waals surface area contributed by atoms with Crippen LogP contribution in [0.25, 0.3) is 0 Å². The molecular weight excluding hydrogens is 174 g/mol. The number of hydrazine groups is 1. The summed E-state index contributed by atoms with van der Waals surface area (Å²) in [6.45, 7) is 6.38. The largest absolute Gasteiger partial charge is 0.271 e. The Bertz CT molecular complexity index is 284. The van der Waals surface area contributed by atoms with Crippen molar-refractivity contribution in [3.05, 3.63) is 29.6 Å². The number of aryl methyl sites for hydroxylation is 1. The summed E-state index contributed by atoms with van der Waals surface area (Å²) in [5, 5.41) is 0. The zero-order chi connectivity index (χ0) is 10.6. The van der Waals surface area contributed by atoms with Gasteiger partial charge in [0.25, 0.3) is 0 Å². The summed E-state index contributed by atoms with van der Waals surface area (Å²) in [6, 6.07) is 4.32. The number of nitrogens with one attached hydrogen (secondary N) is 1. The minimum absolute atomic E-state index is 0.233. The third kappa shape index (κ3) is 3.09. The molecular formula is C11H19N3. The number of pyridine rings is 1. The Labute approximate surface area is 85.7 Å². The molecule has 3 N–H and O–H groups in total. The molecule has 0 aliphatic carbocycles. The maximum atomic E-state index is 5.53. The van der Waals surface area contributed by atoms with Gasteiger partial charge < -0.3 is 0 Å². The summed E-state index contributed by atoms with van der Waals surface area (Å²) in [6.07, 6.45) is 2.87. The summed E-state index contributed by atoms with van der Waals surface area (Å²) in [5.41, 5.74) is 5.10. The maximum absolute atomic E-state index is 5.53. The second kappa shape index (κ2) is 5.08. The van der Waals surface area contributed by atoms with Crippen molar-refractivity contribution in [2.75, 3.05) is 0 Å². The first-order valence-electron chi connectivity index (χ1n) is 5.02. The second-order valence-electron chi connectivity index (χ2n) is 4.08. The van der Waals surface area contributed by atoms with Gasteiger partial charge in [0.15, 0.2) is 0 Å². The lowest BCUT2D eigenvalue weighted by Gasteiger charge is -2.18. The van der Waals surface area contributed by atoms with Gasteiger partial charge in [0.2, 0.25) is 0 Å². The first-order valence-corrected chi connectivity index (χ1v) is 5.02. The number of hydrogen-bond acceptors (Lipinski definition) is 3. The molecule has 0 saturated carbocycles. The van der Waals surface area contributed by atoms with E-state index in [0.29, 0.717) is 5.92 Å². The van der Waals surface area contributed by atoms with Crippen molar-refractivity contribution >= 4 is 0 Å². The summed E-state index contributed by atoms with van der Waals surface area (Å²) in [7, 11) is 0. The molecule has 3 heteroatoms. The van der Waals surface area contributed by atoms with Crippen molar-refractivity contribution in [3.63, 3.8) is 0 Å². The molecule has 1 unspecified atom stereocenters. The summed E-state index contributed by atoms with van der Waals surface area (Å²) >= 11 is 0. The van der Waals surface area contributed by atoms with E-state index >= 15 is 0 Å². The topological polar surface area (TPSA) is 50.9 Å². The lowest BCUT2D eigenvalue weighted by molar-refractivity contribution is 0.437. The lowest BCUT2D eigenvalue weighted by atomic mass is 9.98. The van der Waals surface area contributed by atoms with Gasteiger partial charge in [-0.05, 0) is 37.0 Å². The van der Waals surface area contributed by atoms with Crippen LogP contribution in [-0.2, 0) is 0 Å². The molecule has 0 aliphatic heterocycles. The highest BCUT2D eigenvalue weighted by atomic mass is 15.2. The molecule has 0 saturated heterocycles. The van der Waals surface area contributed by atoms with Crippen LogP contribution in [0.2, 0.25) is 0 Å². The number of nitrogens with two attached hydrogens (primary N) is 1. The van der Waals surface area contributed by atoms with Gasteiger partial charge in [-0.1, -0.05) is 13.8 Å². The third-order valence-corrected chi connectivity index (χ3v) is 2.23. The molecule has 1 rings (SSSR count). The molecule has 1 heterocycles. The van der Waals surface area contributed by atoms with Crippen LogP contribution < -0.4 is 11.3 Å². The quantitative estimate of drug-likeness (QED) is 0.567. The Kier molecular flexibility index (Phi) is 4.04. The van der Waals surface area contributed by atoms with Crippen LogP contribution in [0.5, 0.6) is 0 Å². The standard InChI is InChI=1S/C11H19N3/c1-8(2)6-11(14-12)10-4-5-13-9(3)7-10/h4-5,7-8,11,14H,6,12H2,1-3H3. The van der Waals surface area contributed by atoms with Crippen LogP contribution >= 0.6 is 0 Å². The van der Waals surface area contributed by atoms with E-state index in [0.717, 1.165) is 12.1 Å². The van der Waals surface area contributed by atoms with Crippen LogP contribution in [0.1, 0.15) is 37.6 Å². The normalized spacial score (nSPS) is 13.2. The van der Waals surface area contributed by atoms with Crippen LogP contribution in [-0.4, -0.2) is 4.98 Å². The summed E-state index contributed by atoms with van der Waals surface area (Å²) < 4.78 is 0. The molecule has 0 bridgehead atoms. The first-order chi connectivity index (χ1) is 6.63. The monoisotopic (exact) mass is 193 g/mol. The minimum Gasteiger partial charge on any atom is -0.271 e. The average molecular weight is 193 g/mol. The smallest absolute Gasteiger partial charge is 0.0463 e. The van der Waals surface area contributed by atoms with E-state index in [1.54, 1.807) is 0 Å². The van der Waals surface area contributed by atoms with Crippen LogP contribution in [0.4, 0.5) is 0 Å². The van der Waals surface area contributed by atoms with Crippen molar-refractivity contribution in [1.29, 1.82) is 0 Å². The zero-order valence-electron chi connectivity index (χ0n) is 9.12. The van der Waals surface area contributed by atoms with Gasteiger partial charge in [0, 0.05) is 17.9 Å². The van der Waals surface area contributed by atoms with Crippen molar-refractivity contribution in [2.45, 2.75) is 33.2 Å². The van der Waals surface area contributed by atoms with E-state index < -0.39 is 0 Å². The molecule has 0 aliphatic rings. The first kappa shape index (κ1) is 11.1.